The molecule has 2 aliphatic rings. The molecule has 2 nitrogen and oxygen atoms in total. The molecule has 1 heterocycles. The monoisotopic (exact) mass is 312 g/mol. The minimum atomic E-state index is 0.178. The van der Waals surface area contributed by atoms with E-state index in [1.165, 1.54) is 17.5 Å². The second kappa shape index (κ2) is 5.69. The number of hydrogen-bond acceptors (Lipinski definition) is 2. The predicted molar refractivity (Wildman–Crippen MR) is 91.4 cm³/mol. The first-order valence-electron chi connectivity index (χ1n) is 8.07. The molecule has 2 unspecified atom stereocenters. The molecular weight excluding hydrogens is 292 g/mol. The number of nitrogens with zero attached hydrogens (tertiary/aromatic N) is 1. The van der Waals surface area contributed by atoms with Crippen LogP contribution in [0.15, 0.2) is 54.6 Å². The van der Waals surface area contributed by atoms with Crippen LogP contribution < -0.4 is 5.32 Å². The van der Waals surface area contributed by atoms with Crippen LogP contribution in [0.3, 0.4) is 0 Å². The maximum Gasteiger partial charge on any atom is 0.0537 e. The largest absolute Gasteiger partial charge is 0.314 e. The highest BCUT2D eigenvalue weighted by Gasteiger charge is 2.59. The van der Waals surface area contributed by atoms with Crippen molar-refractivity contribution in [2.24, 2.45) is 0 Å². The van der Waals surface area contributed by atoms with Gasteiger partial charge in [0.2, 0.25) is 0 Å². The lowest BCUT2D eigenvalue weighted by molar-refractivity contribution is 0.149. The molecule has 1 aliphatic heterocycles. The van der Waals surface area contributed by atoms with Gasteiger partial charge >= 0.3 is 0 Å². The van der Waals surface area contributed by atoms with E-state index >= 15 is 0 Å². The molecular formula is C19H21ClN2. The van der Waals surface area contributed by atoms with E-state index < -0.39 is 0 Å². The molecule has 0 bridgehead atoms. The van der Waals surface area contributed by atoms with Crippen LogP contribution in [0.25, 0.3) is 0 Å². The number of benzene rings is 2. The van der Waals surface area contributed by atoms with Crippen LogP contribution in [-0.2, 0) is 5.54 Å². The summed E-state index contributed by atoms with van der Waals surface area (Å²) in [4.78, 5) is 2.68. The van der Waals surface area contributed by atoms with Crippen LogP contribution >= 0.6 is 11.6 Å². The zero-order valence-corrected chi connectivity index (χ0v) is 13.4. The van der Waals surface area contributed by atoms with E-state index in [1.54, 1.807) is 0 Å². The summed E-state index contributed by atoms with van der Waals surface area (Å²) in [5.41, 5.74) is 3.04. The van der Waals surface area contributed by atoms with Crippen molar-refractivity contribution in [2.45, 2.75) is 17.9 Å². The van der Waals surface area contributed by atoms with Crippen molar-refractivity contribution in [1.29, 1.82) is 0 Å². The van der Waals surface area contributed by atoms with E-state index in [4.69, 9.17) is 11.6 Å². The second-order valence-corrected chi connectivity index (χ2v) is 6.77. The third kappa shape index (κ3) is 2.36. The molecule has 2 aromatic carbocycles. The summed E-state index contributed by atoms with van der Waals surface area (Å²) >= 11 is 6.05. The molecule has 22 heavy (non-hydrogen) atoms. The third-order valence-electron chi connectivity index (χ3n) is 5.16. The number of rotatable bonds is 3. The maximum atomic E-state index is 6.05. The van der Waals surface area contributed by atoms with Crippen LogP contribution in [0.2, 0.25) is 5.02 Å². The smallest absolute Gasteiger partial charge is 0.0537 e. The molecule has 2 fully saturated rings. The van der Waals surface area contributed by atoms with Crippen molar-refractivity contribution in [1.82, 2.24) is 10.2 Å². The lowest BCUT2D eigenvalue weighted by Gasteiger charge is -2.37. The number of hydrogen-bond donors (Lipinski definition) is 1. The van der Waals surface area contributed by atoms with Gasteiger partial charge in [-0.1, -0.05) is 54.1 Å². The van der Waals surface area contributed by atoms with Gasteiger partial charge in [0.1, 0.15) is 0 Å². The fraction of sp³-hybridized carbons (Fsp3) is 0.368. The van der Waals surface area contributed by atoms with Gasteiger partial charge in [-0.2, -0.15) is 0 Å². The lowest BCUT2D eigenvalue weighted by atomic mass is 9.96. The molecule has 2 atom stereocenters. The fourth-order valence-corrected chi connectivity index (χ4v) is 4.11. The minimum absolute atomic E-state index is 0.178. The van der Waals surface area contributed by atoms with Gasteiger partial charge in [0.15, 0.2) is 0 Å². The predicted octanol–water partition coefficient (Wildman–Crippen LogP) is 3.63. The van der Waals surface area contributed by atoms with Crippen LogP contribution in [0.1, 0.15) is 23.5 Å². The van der Waals surface area contributed by atoms with Crippen LogP contribution in [0, 0.1) is 0 Å². The van der Waals surface area contributed by atoms with Gasteiger partial charge in [-0.05, 0) is 29.7 Å². The molecule has 0 spiro atoms. The second-order valence-electron chi connectivity index (χ2n) is 6.34. The molecule has 1 N–H and O–H groups in total. The molecule has 1 saturated heterocycles. The van der Waals surface area contributed by atoms with Crippen molar-refractivity contribution in [3.8, 4) is 0 Å². The maximum absolute atomic E-state index is 6.05. The molecule has 1 aliphatic carbocycles. The number of nitrogens with one attached hydrogen (secondary N) is 1. The Morgan fingerprint density at radius 1 is 0.955 bits per heavy atom. The van der Waals surface area contributed by atoms with Gasteiger partial charge < -0.3 is 5.32 Å². The Morgan fingerprint density at radius 2 is 1.64 bits per heavy atom. The van der Waals surface area contributed by atoms with E-state index in [2.05, 4.69) is 52.7 Å². The standard InChI is InChI=1S/C19H21ClN2/c20-17-8-6-15(7-9-17)18-14-19(18,16-4-2-1-3-5-16)22-12-10-21-11-13-22/h1-9,18,21H,10-14H2. The van der Waals surface area contributed by atoms with Gasteiger partial charge in [-0.15, -0.1) is 0 Å². The van der Waals surface area contributed by atoms with Crippen molar-refractivity contribution in [3.05, 3.63) is 70.7 Å². The quantitative estimate of drug-likeness (QED) is 0.931. The Labute approximate surface area is 137 Å². The fourth-order valence-electron chi connectivity index (χ4n) is 3.98. The van der Waals surface area contributed by atoms with Crippen LogP contribution in [0.4, 0.5) is 0 Å². The van der Waals surface area contributed by atoms with E-state index in [0.717, 1.165) is 31.2 Å². The van der Waals surface area contributed by atoms with E-state index in [-0.39, 0.29) is 5.54 Å². The average Bonchev–Trinajstić information content (AvgIpc) is 3.34. The SMILES string of the molecule is Clc1ccc(C2CC2(c2ccccc2)N2CCNCC2)cc1. The topological polar surface area (TPSA) is 15.3 Å². The Kier molecular flexibility index (Phi) is 3.69. The van der Waals surface area contributed by atoms with Gasteiger partial charge in [0, 0.05) is 37.1 Å². The average molecular weight is 313 g/mol. The van der Waals surface area contributed by atoms with Crippen LogP contribution in [-0.4, -0.2) is 31.1 Å². The number of halogens is 1. The lowest BCUT2D eigenvalue weighted by Crippen LogP contribution is -2.49. The highest BCUT2D eigenvalue weighted by Crippen LogP contribution is 2.62. The normalized spacial score (nSPS) is 28.5. The summed E-state index contributed by atoms with van der Waals surface area (Å²) in [5.74, 6) is 0.574. The highest BCUT2D eigenvalue weighted by atomic mass is 35.5. The molecule has 114 valence electrons. The van der Waals surface area contributed by atoms with Crippen molar-refractivity contribution >= 4 is 11.6 Å². The minimum Gasteiger partial charge on any atom is -0.314 e. The summed E-state index contributed by atoms with van der Waals surface area (Å²) in [6, 6.07) is 19.4. The molecule has 0 aromatic heterocycles. The summed E-state index contributed by atoms with van der Waals surface area (Å²) < 4.78 is 0. The molecule has 0 amide bonds. The zero-order chi connectivity index (χ0) is 15.0. The first kappa shape index (κ1) is 14.3. The third-order valence-corrected chi connectivity index (χ3v) is 5.41. The Morgan fingerprint density at radius 3 is 2.32 bits per heavy atom. The summed E-state index contributed by atoms with van der Waals surface area (Å²) in [6.07, 6.45) is 1.21. The molecule has 2 aromatic rings. The van der Waals surface area contributed by atoms with E-state index in [0.29, 0.717) is 5.92 Å². The van der Waals surface area contributed by atoms with Gasteiger partial charge in [-0.3, -0.25) is 4.90 Å². The molecule has 3 heteroatoms. The van der Waals surface area contributed by atoms with Gasteiger partial charge in [0.25, 0.3) is 0 Å². The summed E-state index contributed by atoms with van der Waals surface area (Å²) in [6.45, 7) is 4.42. The van der Waals surface area contributed by atoms with E-state index in [1.807, 2.05) is 12.1 Å². The summed E-state index contributed by atoms with van der Waals surface area (Å²) in [7, 11) is 0. The van der Waals surface area contributed by atoms with E-state index in [9.17, 15) is 0 Å². The highest BCUT2D eigenvalue weighted by molar-refractivity contribution is 6.30. The van der Waals surface area contributed by atoms with Crippen molar-refractivity contribution < 1.29 is 0 Å². The van der Waals surface area contributed by atoms with Gasteiger partial charge in [-0.25, -0.2) is 0 Å². The van der Waals surface area contributed by atoms with Crippen molar-refractivity contribution in [2.75, 3.05) is 26.2 Å². The first-order valence-corrected chi connectivity index (χ1v) is 8.45. The molecule has 1 saturated carbocycles. The Bertz CT molecular complexity index is 634. The van der Waals surface area contributed by atoms with Crippen LogP contribution in [0.5, 0.6) is 0 Å². The van der Waals surface area contributed by atoms with Crippen molar-refractivity contribution in [3.63, 3.8) is 0 Å². The molecule has 4 rings (SSSR count). The summed E-state index contributed by atoms with van der Waals surface area (Å²) in [5, 5.41) is 4.29. The Balaban J connectivity index is 1.70. The zero-order valence-electron chi connectivity index (χ0n) is 12.6. The van der Waals surface area contributed by atoms with Gasteiger partial charge in [0.05, 0.1) is 5.54 Å². The first-order chi connectivity index (χ1) is 10.8. The molecule has 0 radical (unpaired) electrons. The number of piperazine rings is 1. The Hall–Kier alpha value is -1.35.